The monoisotopic (exact) mass is 209 g/mol. The maximum atomic E-state index is 6.55. The molecule has 0 spiro atoms. The molecule has 2 rings (SSSR count). The normalized spacial score (nSPS) is 41.2. The third-order valence-electron chi connectivity index (χ3n) is 4.78. The SMILES string of the molecule is CCCCC1(N)CCC2CCCCC2C1. The Morgan fingerprint density at radius 2 is 1.87 bits per heavy atom. The summed E-state index contributed by atoms with van der Waals surface area (Å²) in [5, 5.41) is 0. The quantitative estimate of drug-likeness (QED) is 0.750. The standard InChI is InChI=1S/C14H27N/c1-2-3-9-14(15)10-8-12-6-4-5-7-13(12)11-14/h12-13H,2-11,15H2,1H3. The zero-order valence-electron chi connectivity index (χ0n) is 10.3. The summed E-state index contributed by atoms with van der Waals surface area (Å²) < 4.78 is 0. The second-order valence-electron chi connectivity index (χ2n) is 6.01. The Kier molecular flexibility index (Phi) is 3.71. The van der Waals surface area contributed by atoms with Crippen molar-refractivity contribution in [2.24, 2.45) is 17.6 Å². The van der Waals surface area contributed by atoms with Crippen molar-refractivity contribution in [2.45, 2.75) is 76.7 Å². The zero-order chi connectivity index (χ0) is 10.7. The third kappa shape index (κ3) is 2.75. The van der Waals surface area contributed by atoms with Crippen LogP contribution in [-0.2, 0) is 0 Å². The minimum Gasteiger partial charge on any atom is -0.325 e. The molecule has 0 saturated heterocycles. The van der Waals surface area contributed by atoms with E-state index in [9.17, 15) is 0 Å². The first kappa shape index (κ1) is 11.4. The Bertz CT molecular complexity index is 202. The van der Waals surface area contributed by atoms with Gasteiger partial charge in [-0.15, -0.1) is 0 Å². The highest BCUT2D eigenvalue weighted by Crippen LogP contribution is 2.44. The van der Waals surface area contributed by atoms with Gasteiger partial charge < -0.3 is 5.73 Å². The largest absolute Gasteiger partial charge is 0.325 e. The molecule has 0 aliphatic heterocycles. The van der Waals surface area contributed by atoms with Crippen molar-refractivity contribution in [1.29, 1.82) is 0 Å². The lowest BCUT2D eigenvalue weighted by atomic mass is 9.64. The van der Waals surface area contributed by atoms with Gasteiger partial charge in [-0.3, -0.25) is 0 Å². The molecule has 0 radical (unpaired) electrons. The summed E-state index contributed by atoms with van der Waals surface area (Å²) in [5.74, 6) is 2.02. The molecule has 0 aromatic carbocycles. The molecule has 3 unspecified atom stereocenters. The highest BCUT2D eigenvalue weighted by atomic mass is 14.8. The summed E-state index contributed by atoms with van der Waals surface area (Å²) in [7, 11) is 0. The summed E-state index contributed by atoms with van der Waals surface area (Å²) in [6.45, 7) is 2.27. The summed E-state index contributed by atoms with van der Waals surface area (Å²) in [6.07, 6.45) is 13.9. The number of fused-ring (bicyclic) bond motifs is 1. The summed E-state index contributed by atoms with van der Waals surface area (Å²) in [4.78, 5) is 0. The van der Waals surface area contributed by atoms with Crippen molar-refractivity contribution in [3.8, 4) is 0 Å². The van der Waals surface area contributed by atoms with Crippen LogP contribution < -0.4 is 5.73 Å². The van der Waals surface area contributed by atoms with Crippen LogP contribution in [0.5, 0.6) is 0 Å². The first-order valence-corrected chi connectivity index (χ1v) is 7.02. The molecule has 88 valence electrons. The van der Waals surface area contributed by atoms with Crippen molar-refractivity contribution < 1.29 is 0 Å². The van der Waals surface area contributed by atoms with Crippen molar-refractivity contribution in [2.75, 3.05) is 0 Å². The molecule has 2 aliphatic carbocycles. The Morgan fingerprint density at radius 1 is 1.13 bits per heavy atom. The van der Waals surface area contributed by atoms with Gasteiger partial charge in [-0.1, -0.05) is 45.4 Å². The molecule has 3 atom stereocenters. The second-order valence-corrected chi connectivity index (χ2v) is 6.01. The van der Waals surface area contributed by atoms with E-state index in [4.69, 9.17) is 5.73 Å². The second kappa shape index (κ2) is 4.86. The average Bonchev–Trinajstić information content (AvgIpc) is 2.26. The summed E-state index contributed by atoms with van der Waals surface area (Å²) in [5.41, 5.74) is 6.77. The van der Waals surface area contributed by atoms with Gasteiger partial charge in [0.15, 0.2) is 0 Å². The average molecular weight is 209 g/mol. The molecule has 15 heavy (non-hydrogen) atoms. The van der Waals surface area contributed by atoms with Crippen LogP contribution in [0.3, 0.4) is 0 Å². The minimum absolute atomic E-state index is 0.217. The Balaban J connectivity index is 1.89. The minimum atomic E-state index is 0.217. The van der Waals surface area contributed by atoms with Gasteiger partial charge in [-0.25, -0.2) is 0 Å². The molecule has 2 fully saturated rings. The van der Waals surface area contributed by atoms with Gasteiger partial charge in [0.1, 0.15) is 0 Å². The predicted octanol–water partition coefficient (Wildman–Crippen LogP) is 3.86. The lowest BCUT2D eigenvalue weighted by Gasteiger charge is -2.45. The van der Waals surface area contributed by atoms with E-state index in [1.54, 1.807) is 0 Å². The molecule has 0 aromatic heterocycles. The van der Waals surface area contributed by atoms with Crippen LogP contribution in [0.2, 0.25) is 0 Å². The molecule has 0 bridgehead atoms. The fraction of sp³-hybridized carbons (Fsp3) is 1.00. The van der Waals surface area contributed by atoms with Gasteiger partial charge >= 0.3 is 0 Å². The van der Waals surface area contributed by atoms with Crippen LogP contribution >= 0.6 is 0 Å². The van der Waals surface area contributed by atoms with Gasteiger partial charge in [-0.05, 0) is 37.5 Å². The van der Waals surface area contributed by atoms with Gasteiger partial charge in [0, 0.05) is 5.54 Å². The van der Waals surface area contributed by atoms with E-state index in [2.05, 4.69) is 6.92 Å². The van der Waals surface area contributed by atoms with Crippen LogP contribution in [0.15, 0.2) is 0 Å². The van der Waals surface area contributed by atoms with Gasteiger partial charge in [0.2, 0.25) is 0 Å². The highest BCUT2D eigenvalue weighted by molar-refractivity contribution is 4.94. The summed E-state index contributed by atoms with van der Waals surface area (Å²) in [6, 6.07) is 0. The number of hydrogen-bond donors (Lipinski definition) is 1. The van der Waals surface area contributed by atoms with E-state index in [1.165, 1.54) is 64.2 Å². The fourth-order valence-corrected chi connectivity index (χ4v) is 3.79. The Labute approximate surface area is 94.8 Å². The number of rotatable bonds is 3. The molecule has 2 N–H and O–H groups in total. The fourth-order valence-electron chi connectivity index (χ4n) is 3.79. The number of hydrogen-bond acceptors (Lipinski definition) is 1. The maximum Gasteiger partial charge on any atom is 0.0157 e. The van der Waals surface area contributed by atoms with Crippen molar-refractivity contribution in [3.63, 3.8) is 0 Å². The summed E-state index contributed by atoms with van der Waals surface area (Å²) >= 11 is 0. The van der Waals surface area contributed by atoms with Crippen molar-refractivity contribution >= 4 is 0 Å². The van der Waals surface area contributed by atoms with Gasteiger partial charge in [-0.2, -0.15) is 0 Å². The molecule has 2 aliphatic rings. The maximum absolute atomic E-state index is 6.55. The molecule has 1 nitrogen and oxygen atoms in total. The van der Waals surface area contributed by atoms with E-state index in [0.29, 0.717) is 0 Å². The van der Waals surface area contributed by atoms with Crippen molar-refractivity contribution in [3.05, 3.63) is 0 Å². The molecule has 0 heterocycles. The first-order chi connectivity index (χ1) is 7.23. The smallest absolute Gasteiger partial charge is 0.0157 e. The zero-order valence-corrected chi connectivity index (χ0v) is 10.3. The lowest BCUT2D eigenvalue weighted by molar-refractivity contribution is 0.104. The Morgan fingerprint density at radius 3 is 2.60 bits per heavy atom. The highest BCUT2D eigenvalue weighted by Gasteiger charge is 2.38. The first-order valence-electron chi connectivity index (χ1n) is 7.02. The molecule has 0 aromatic rings. The van der Waals surface area contributed by atoms with E-state index in [1.807, 2.05) is 0 Å². The third-order valence-corrected chi connectivity index (χ3v) is 4.78. The molecule has 0 amide bonds. The van der Waals surface area contributed by atoms with E-state index < -0.39 is 0 Å². The number of unbranched alkanes of at least 4 members (excludes halogenated alkanes) is 1. The lowest BCUT2D eigenvalue weighted by Crippen LogP contribution is -2.47. The Hall–Kier alpha value is -0.0400. The van der Waals surface area contributed by atoms with Crippen molar-refractivity contribution in [1.82, 2.24) is 0 Å². The molecule has 1 heteroatoms. The van der Waals surface area contributed by atoms with Crippen LogP contribution in [0.25, 0.3) is 0 Å². The van der Waals surface area contributed by atoms with Crippen LogP contribution in [0, 0.1) is 11.8 Å². The van der Waals surface area contributed by atoms with E-state index in [-0.39, 0.29) is 5.54 Å². The predicted molar refractivity (Wildman–Crippen MR) is 65.7 cm³/mol. The van der Waals surface area contributed by atoms with Gasteiger partial charge in [0.05, 0.1) is 0 Å². The molecule has 2 saturated carbocycles. The molecular weight excluding hydrogens is 182 g/mol. The van der Waals surface area contributed by atoms with Crippen LogP contribution in [-0.4, -0.2) is 5.54 Å². The topological polar surface area (TPSA) is 26.0 Å². The van der Waals surface area contributed by atoms with Crippen LogP contribution in [0.4, 0.5) is 0 Å². The van der Waals surface area contributed by atoms with E-state index >= 15 is 0 Å². The van der Waals surface area contributed by atoms with E-state index in [0.717, 1.165) is 11.8 Å². The number of nitrogens with two attached hydrogens (primary N) is 1. The molecular formula is C14H27N. The van der Waals surface area contributed by atoms with Crippen LogP contribution in [0.1, 0.15) is 71.1 Å². The van der Waals surface area contributed by atoms with Gasteiger partial charge in [0.25, 0.3) is 0 Å².